The quantitative estimate of drug-likeness (QED) is 0.586. The number of carbonyl (C=O) groups excluding carboxylic acids is 1. The van der Waals surface area contributed by atoms with Crippen molar-refractivity contribution in [1.29, 1.82) is 0 Å². The summed E-state index contributed by atoms with van der Waals surface area (Å²) in [6.45, 7) is 7.96. The van der Waals surface area contributed by atoms with Crippen LogP contribution in [0.4, 0.5) is 0 Å². The van der Waals surface area contributed by atoms with E-state index in [1.165, 1.54) is 0 Å². The first kappa shape index (κ1) is 19.8. The SMILES string of the molecule is Cc1nn(C(C)C)c(C)c1-c1cc(C(=O)N[C@H](CO)Cc2ccccc2)[nH]n1. The Balaban J connectivity index is 1.75. The minimum Gasteiger partial charge on any atom is -0.394 e. The largest absolute Gasteiger partial charge is 0.394 e. The van der Waals surface area contributed by atoms with Crippen LogP contribution < -0.4 is 5.32 Å². The van der Waals surface area contributed by atoms with E-state index in [-0.39, 0.29) is 24.6 Å². The first-order valence-corrected chi connectivity index (χ1v) is 9.47. The molecule has 3 N–H and O–H groups in total. The van der Waals surface area contributed by atoms with Crippen molar-refractivity contribution in [2.75, 3.05) is 6.61 Å². The fourth-order valence-corrected chi connectivity index (χ4v) is 3.43. The van der Waals surface area contributed by atoms with Gasteiger partial charge in [0.2, 0.25) is 0 Å². The third-order valence-corrected chi connectivity index (χ3v) is 4.77. The van der Waals surface area contributed by atoms with E-state index >= 15 is 0 Å². The molecule has 2 aromatic heterocycles. The first-order chi connectivity index (χ1) is 13.4. The Kier molecular flexibility index (Phi) is 5.94. The summed E-state index contributed by atoms with van der Waals surface area (Å²) in [6.07, 6.45) is 0.559. The highest BCUT2D eigenvalue weighted by molar-refractivity contribution is 5.93. The molecule has 0 aliphatic heterocycles. The van der Waals surface area contributed by atoms with Crippen molar-refractivity contribution in [3.05, 3.63) is 59.0 Å². The van der Waals surface area contributed by atoms with Crippen LogP contribution in [0.15, 0.2) is 36.4 Å². The molecule has 3 rings (SSSR count). The summed E-state index contributed by atoms with van der Waals surface area (Å²) in [4.78, 5) is 12.6. The van der Waals surface area contributed by atoms with Crippen molar-refractivity contribution in [2.45, 2.75) is 46.2 Å². The van der Waals surface area contributed by atoms with Gasteiger partial charge in [-0.2, -0.15) is 10.2 Å². The topological polar surface area (TPSA) is 95.8 Å². The first-order valence-electron chi connectivity index (χ1n) is 9.47. The summed E-state index contributed by atoms with van der Waals surface area (Å²) in [5.41, 5.74) is 4.94. The van der Waals surface area contributed by atoms with Gasteiger partial charge >= 0.3 is 0 Å². The van der Waals surface area contributed by atoms with Crippen molar-refractivity contribution in [3.8, 4) is 11.3 Å². The Labute approximate surface area is 164 Å². The molecule has 3 aromatic rings. The molecule has 7 nitrogen and oxygen atoms in total. The highest BCUT2D eigenvalue weighted by atomic mass is 16.3. The molecule has 0 aliphatic rings. The number of aliphatic hydroxyl groups is 1. The zero-order chi connectivity index (χ0) is 20.3. The maximum absolute atomic E-state index is 12.6. The molecule has 148 valence electrons. The lowest BCUT2D eigenvalue weighted by atomic mass is 10.1. The fraction of sp³-hybridized carbons (Fsp3) is 0.381. The van der Waals surface area contributed by atoms with E-state index in [9.17, 15) is 9.90 Å². The standard InChI is InChI=1S/C21H27N5O2/c1-13(2)26-15(4)20(14(3)25-26)18-11-19(24-23-18)21(28)22-17(12-27)10-16-8-6-5-7-9-16/h5-9,11,13,17,27H,10,12H2,1-4H3,(H,22,28)(H,23,24)/t17-/m0/s1. The summed E-state index contributed by atoms with van der Waals surface area (Å²) in [5, 5.41) is 24.2. The third kappa shape index (κ3) is 4.14. The maximum atomic E-state index is 12.6. The van der Waals surface area contributed by atoms with E-state index in [4.69, 9.17) is 0 Å². The number of aromatic nitrogens is 4. The van der Waals surface area contributed by atoms with Gasteiger partial charge in [-0.1, -0.05) is 30.3 Å². The predicted octanol–water partition coefficient (Wildman–Crippen LogP) is 2.80. The number of nitrogens with one attached hydrogen (secondary N) is 2. The van der Waals surface area contributed by atoms with Crippen LogP contribution in [0.2, 0.25) is 0 Å². The van der Waals surface area contributed by atoms with Gasteiger partial charge in [-0.05, 0) is 45.7 Å². The van der Waals surface area contributed by atoms with Crippen LogP contribution in [-0.2, 0) is 6.42 Å². The van der Waals surface area contributed by atoms with Crippen molar-refractivity contribution >= 4 is 5.91 Å². The number of aliphatic hydroxyl groups excluding tert-OH is 1. The molecule has 0 fully saturated rings. The Morgan fingerprint density at radius 2 is 1.96 bits per heavy atom. The summed E-state index contributed by atoms with van der Waals surface area (Å²) in [5.74, 6) is -0.291. The van der Waals surface area contributed by atoms with Gasteiger partial charge in [-0.15, -0.1) is 0 Å². The van der Waals surface area contributed by atoms with Crippen LogP contribution in [0.1, 0.15) is 47.3 Å². The lowest BCUT2D eigenvalue weighted by Crippen LogP contribution is -2.39. The molecule has 0 saturated heterocycles. The van der Waals surface area contributed by atoms with Crippen molar-refractivity contribution in [2.24, 2.45) is 0 Å². The van der Waals surface area contributed by atoms with Crippen LogP contribution in [-0.4, -0.2) is 43.6 Å². The number of benzene rings is 1. The van der Waals surface area contributed by atoms with E-state index < -0.39 is 0 Å². The zero-order valence-corrected chi connectivity index (χ0v) is 16.7. The lowest BCUT2D eigenvalue weighted by molar-refractivity contribution is 0.0911. The molecule has 0 saturated carbocycles. The zero-order valence-electron chi connectivity index (χ0n) is 16.7. The van der Waals surface area contributed by atoms with E-state index in [0.29, 0.717) is 17.8 Å². The molecule has 28 heavy (non-hydrogen) atoms. The minimum absolute atomic E-state index is 0.138. The Hall–Kier alpha value is -2.93. The minimum atomic E-state index is -0.367. The maximum Gasteiger partial charge on any atom is 0.269 e. The Bertz CT molecular complexity index is 943. The Morgan fingerprint density at radius 3 is 2.57 bits per heavy atom. The van der Waals surface area contributed by atoms with E-state index in [2.05, 4.69) is 34.5 Å². The lowest BCUT2D eigenvalue weighted by Gasteiger charge is -2.15. The molecular formula is C21H27N5O2. The number of carbonyl (C=O) groups is 1. The average molecular weight is 381 g/mol. The molecule has 0 spiro atoms. The second-order valence-corrected chi connectivity index (χ2v) is 7.29. The molecule has 0 radical (unpaired) electrons. The van der Waals surface area contributed by atoms with Gasteiger partial charge in [0.05, 0.1) is 24.0 Å². The smallest absolute Gasteiger partial charge is 0.269 e. The highest BCUT2D eigenvalue weighted by Crippen LogP contribution is 2.27. The molecule has 1 amide bonds. The molecule has 1 aromatic carbocycles. The van der Waals surface area contributed by atoms with E-state index in [1.54, 1.807) is 6.07 Å². The van der Waals surface area contributed by atoms with Gasteiger partial charge in [-0.25, -0.2) is 0 Å². The van der Waals surface area contributed by atoms with Gasteiger partial charge in [0.15, 0.2) is 0 Å². The molecule has 0 bridgehead atoms. The number of aromatic amines is 1. The van der Waals surface area contributed by atoms with Crippen molar-refractivity contribution in [3.63, 3.8) is 0 Å². The van der Waals surface area contributed by atoms with Crippen LogP contribution in [0.3, 0.4) is 0 Å². The Morgan fingerprint density at radius 1 is 1.25 bits per heavy atom. The monoisotopic (exact) mass is 381 g/mol. The van der Waals surface area contributed by atoms with Gasteiger partial charge in [0.25, 0.3) is 5.91 Å². The van der Waals surface area contributed by atoms with E-state index in [0.717, 1.165) is 22.5 Å². The highest BCUT2D eigenvalue weighted by Gasteiger charge is 2.20. The second kappa shape index (κ2) is 8.39. The van der Waals surface area contributed by atoms with Crippen LogP contribution in [0.25, 0.3) is 11.3 Å². The summed E-state index contributed by atoms with van der Waals surface area (Å²) in [6, 6.07) is 11.4. The number of rotatable bonds is 7. The molecule has 0 aliphatic carbocycles. The van der Waals surface area contributed by atoms with Gasteiger partial charge in [0.1, 0.15) is 5.69 Å². The number of H-pyrrole nitrogens is 1. The number of hydrogen-bond donors (Lipinski definition) is 3. The third-order valence-electron chi connectivity index (χ3n) is 4.77. The van der Waals surface area contributed by atoms with Crippen LogP contribution in [0, 0.1) is 13.8 Å². The summed E-state index contributed by atoms with van der Waals surface area (Å²) < 4.78 is 1.96. The van der Waals surface area contributed by atoms with Crippen LogP contribution >= 0.6 is 0 Å². The number of hydrogen-bond acceptors (Lipinski definition) is 4. The number of aryl methyl sites for hydroxylation is 1. The molecular weight excluding hydrogens is 354 g/mol. The second-order valence-electron chi connectivity index (χ2n) is 7.29. The van der Waals surface area contributed by atoms with Crippen molar-refractivity contribution < 1.29 is 9.90 Å². The van der Waals surface area contributed by atoms with Crippen molar-refractivity contribution in [1.82, 2.24) is 25.3 Å². The number of nitrogens with zero attached hydrogens (tertiary/aromatic N) is 3. The summed E-state index contributed by atoms with van der Waals surface area (Å²) in [7, 11) is 0. The van der Waals surface area contributed by atoms with E-state index in [1.807, 2.05) is 48.9 Å². The van der Waals surface area contributed by atoms with Crippen LogP contribution in [0.5, 0.6) is 0 Å². The molecule has 0 unspecified atom stereocenters. The fourth-order valence-electron chi connectivity index (χ4n) is 3.43. The van der Waals surface area contributed by atoms with Gasteiger partial charge < -0.3 is 10.4 Å². The molecule has 2 heterocycles. The molecule has 1 atom stereocenters. The van der Waals surface area contributed by atoms with Gasteiger partial charge in [-0.3, -0.25) is 14.6 Å². The molecule has 7 heteroatoms. The predicted molar refractivity (Wildman–Crippen MR) is 108 cm³/mol. The van der Waals surface area contributed by atoms with Gasteiger partial charge in [0, 0.05) is 17.3 Å². The number of amides is 1. The average Bonchev–Trinajstić information content (AvgIpc) is 3.26. The normalized spacial score (nSPS) is 12.4. The summed E-state index contributed by atoms with van der Waals surface area (Å²) >= 11 is 0.